The molecule has 0 atom stereocenters. The molecular weight excluding hydrogens is 442 g/mol. The van der Waals surface area contributed by atoms with Crippen LogP contribution in [0.1, 0.15) is 35.3 Å². The number of likely N-dealkylation sites (N-methyl/N-ethyl adjacent to an activating group) is 1. The third kappa shape index (κ3) is 5.21. The minimum absolute atomic E-state index is 0.161. The van der Waals surface area contributed by atoms with Gasteiger partial charge in [0.15, 0.2) is 11.5 Å². The molecule has 1 aliphatic rings. The molecule has 31 heavy (non-hydrogen) atoms. The standard InChI is InChI=1S/C22H20ClNO6S/c1-3-24-20(25)18(31-22(24)28)11-14-9-16(23)19(17(10-14)29-4-2)30-12-13-5-7-15(8-6-13)21(26)27/h5-11H,3-4,12H2,1-2H3,(H,26,27). The third-order valence-corrected chi connectivity index (χ3v) is 5.59. The van der Waals surface area contributed by atoms with Crippen molar-refractivity contribution in [2.45, 2.75) is 20.5 Å². The number of ether oxygens (including phenoxy) is 2. The van der Waals surface area contributed by atoms with Gasteiger partial charge < -0.3 is 14.6 Å². The molecule has 1 saturated heterocycles. The zero-order valence-corrected chi connectivity index (χ0v) is 18.5. The number of amides is 2. The van der Waals surface area contributed by atoms with E-state index >= 15 is 0 Å². The van der Waals surface area contributed by atoms with Crippen LogP contribution in [0.2, 0.25) is 5.02 Å². The zero-order chi connectivity index (χ0) is 22.5. The lowest BCUT2D eigenvalue weighted by Gasteiger charge is -2.15. The predicted octanol–water partition coefficient (Wildman–Crippen LogP) is 5.07. The van der Waals surface area contributed by atoms with Crippen molar-refractivity contribution in [3.05, 3.63) is 63.0 Å². The van der Waals surface area contributed by atoms with E-state index in [1.807, 2.05) is 6.92 Å². The molecule has 2 amide bonds. The summed E-state index contributed by atoms with van der Waals surface area (Å²) in [6.45, 7) is 4.41. The minimum Gasteiger partial charge on any atom is -0.490 e. The molecule has 2 aromatic rings. The molecule has 1 aliphatic heterocycles. The maximum absolute atomic E-state index is 12.3. The fourth-order valence-electron chi connectivity index (χ4n) is 2.90. The molecule has 3 rings (SSSR count). The van der Waals surface area contributed by atoms with Crippen molar-refractivity contribution in [3.63, 3.8) is 0 Å². The largest absolute Gasteiger partial charge is 0.490 e. The summed E-state index contributed by atoms with van der Waals surface area (Å²) in [5.41, 5.74) is 1.56. The second kappa shape index (κ2) is 9.89. The van der Waals surface area contributed by atoms with Crippen LogP contribution in [0.5, 0.6) is 11.5 Å². The van der Waals surface area contributed by atoms with Crippen LogP contribution in [0, 0.1) is 0 Å². The maximum Gasteiger partial charge on any atom is 0.335 e. The molecule has 0 radical (unpaired) electrons. The van der Waals surface area contributed by atoms with E-state index in [0.29, 0.717) is 35.1 Å². The second-order valence-electron chi connectivity index (χ2n) is 6.48. The Morgan fingerprint density at radius 2 is 1.87 bits per heavy atom. The summed E-state index contributed by atoms with van der Waals surface area (Å²) in [7, 11) is 0. The Labute approximate surface area is 188 Å². The van der Waals surface area contributed by atoms with Crippen LogP contribution in [0.4, 0.5) is 4.79 Å². The van der Waals surface area contributed by atoms with Gasteiger partial charge in [0.1, 0.15) is 6.61 Å². The first-order valence-electron chi connectivity index (χ1n) is 9.50. The van der Waals surface area contributed by atoms with Gasteiger partial charge in [-0.05, 0) is 67.1 Å². The lowest BCUT2D eigenvalue weighted by atomic mass is 10.1. The Hall–Kier alpha value is -2.97. The monoisotopic (exact) mass is 461 g/mol. The van der Waals surface area contributed by atoms with Crippen molar-refractivity contribution in [3.8, 4) is 11.5 Å². The summed E-state index contributed by atoms with van der Waals surface area (Å²) in [6, 6.07) is 9.65. The van der Waals surface area contributed by atoms with Gasteiger partial charge in [-0.25, -0.2) is 4.79 Å². The first-order valence-corrected chi connectivity index (χ1v) is 10.7. The Kier molecular flexibility index (Phi) is 7.25. The smallest absolute Gasteiger partial charge is 0.335 e. The predicted molar refractivity (Wildman–Crippen MR) is 119 cm³/mol. The molecule has 1 heterocycles. The van der Waals surface area contributed by atoms with Gasteiger partial charge in [-0.1, -0.05) is 23.7 Å². The number of nitrogens with zero attached hydrogens (tertiary/aromatic N) is 1. The number of imide groups is 1. The number of benzene rings is 2. The van der Waals surface area contributed by atoms with Crippen molar-refractivity contribution >= 4 is 46.6 Å². The summed E-state index contributed by atoms with van der Waals surface area (Å²) in [5, 5.41) is 8.97. The molecule has 0 aromatic heterocycles. The van der Waals surface area contributed by atoms with Crippen LogP contribution < -0.4 is 9.47 Å². The van der Waals surface area contributed by atoms with E-state index in [2.05, 4.69) is 0 Å². The van der Waals surface area contributed by atoms with Crippen LogP contribution in [-0.2, 0) is 11.4 Å². The molecule has 2 aromatic carbocycles. The highest BCUT2D eigenvalue weighted by Gasteiger charge is 2.33. The van der Waals surface area contributed by atoms with Crippen molar-refractivity contribution < 1.29 is 29.0 Å². The van der Waals surface area contributed by atoms with Crippen LogP contribution in [0.25, 0.3) is 6.08 Å². The fourth-order valence-corrected chi connectivity index (χ4v) is 4.07. The molecule has 162 valence electrons. The molecule has 1 fully saturated rings. The Morgan fingerprint density at radius 3 is 2.45 bits per heavy atom. The van der Waals surface area contributed by atoms with Crippen molar-refractivity contribution in [1.82, 2.24) is 4.90 Å². The number of aromatic carboxylic acids is 1. The minimum atomic E-state index is -0.999. The van der Waals surface area contributed by atoms with Gasteiger partial charge in [0.25, 0.3) is 11.1 Å². The number of halogens is 1. The third-order valence-electron chi connectivity index (χ3n) is 4.40. The first kappa shape index (κ1) is 22.7. The number of carbonyl (C=O) groups excluding carboxylic acids is 2. The lowest BCUT2D eigenvalue weighted by molar-refractivity contribution is -0.122. The van der Waals surface area contributed by atoms with E-state index in [4.69, 9.17) is 26.2 Å². The number of hydrogen-bond acceptors (Lipinski definition) is 6. The zero-order valence-electron chi connectivity index (χ0n) is 16.9. The Morgan fingerprint density at radius 1 is 1.16 bits per heavy atom. The molecule has 0 bridgehead atoms. The Bertz CT molecular complexity index is 1050. The van der Waals surface area contributed by atoms with Gasteiger partial charge >= 0.3 is 5.97 Å². The first-order chi connectivity index (χ1) is 14.8. The highest BCUT2D eigenvalue weighted by atomic mass is 35.5. The summed E-state index contributed by atoms with van der Waals surface area (Å²) < 4.78 is 11.5. The van der Waals surface area contributed by atoms with Gasteiger partial charge in [0.05, 0.1) is 22.1 Å². The normalized spacial score (nSPS) is 14.9. The average molecular weight is 462 g/mol. The van der Waals surface area contributed by atoms with E-state index in [-0.39, 0.29) is 28.3 Å². The van der Waals surface area contributed by atoms with E-state index in [1.165, 1.54) is 17.0 Å². The average Bonchev–Trinajstić information content (AvgIpc) is 3.00. The second-order valence-corrected chi connectivity index (χ2v) is 7.88. The van der Waals surface area contributed by atoms with Crippen LogP contribution >= 0.6 is 23.4 Å². The molecular formula is C22H20ClNO6S. The van der Waals surface area contributed by atoms with E-state index in [0.717, 1.165) is 17.3 Å². The summed E-state index contributed by atoms with van der Waals surface area (Å²) in [6.07, 6.45) is 1.60. The van der Waals surface area contributed by atoms with E-state index in [1.54, 1.807) is 37.3 Å². The molecule has 0 spiro atoms. The number of carboxylic acid groups (broad SMARTS) is 1. The summed E-state index contributed by atoms with van der Waals surface area (Å²) in [5.74, 6) is -0.596. The van der Waals surface area contributed by atoms with E-state index in [9.17, 15) is 14.4 Å². The van der Waals surface area contributed by atoms with Crippen LogP contribution in [-0.4, -0.2) is 40.3 Å². The highest BCUT2D eigenvalue weighted by molar-refractivity contribution is 8.18. The molecule has 0 saturated carbocycles. The number of carbonyl (C=O) groups is 3. The molecule has 9 heteroatoms. The van der Waals surface area contributed by atoms with Gasteiger partial charge in [0, 0.05) is 6.54 Å². The molecule has 0 unspecified atom stereocenters. The lowest BCUT2D eigenvalue weighted by Crippen LogP contribution is -2.27. The molecule has 1 N–H and O–H groups in total. The van der Waals surface area contributed by atoms with Crippen molar-refractivity contribution in [2.75, 3.05) is 13.2 Å². The number of rotatable bonds is 8. The summed E-state index contributed by atoms with van der Waals surface area (Å²) >= 11 is 7.31. The number of carboxylic acids is 1. The quantitative estimate of drug-likeness (QED) is 0.548. The van der Waals surface area contributed by atoms with Gasteiger partial charge in [-0.15, -0.1) is 0 Å². The van der Waals surface area contributed by atoms with Crippen LogP contribution in [0.3, 0.4) is 0 Å². The number of thioether (sulfide) groups is 1. The maximum atomic E-state index is 12.3. The highest BCUT2D eigenvalue weighted by Crippen LogP contribution is 2.39. The molecule has 0 aliphatic carbocycles. The fraction of sp³-hybridized carbons (Fsp3) is 0.227. The SMILES string of the molecule is CCOc1cc(C=C2SC(=O)N(CC)C2=O)cc(Cl)c1OCc1ccc(C(=O)O)cc1. The number of hydrogen-bond donors (Lipinski definition) is 1. The van der Waals surface area contributed by atoms with Gasteiger partial charge in [0.2, 0.25) is 0 Å². The van der Waals surface area contributed by atoms with Crippen LogP contribution in [0.15, 0.2) is 41.3 Å². The van der Waals surface area contributed by atoms with Crippen molar-refractivity contribution in [2.24, 2.45) is 0 Å². The summed E-state index contributed by atoms with van der Waals surface area (Å²) in [4.78, 5) is 36.7. The van der Waals surface area contributed by atoms with E-state index < -0.39 is 5.97 Å². The van der Waals surface area contributed by atoms with Crippen molar-refractivity contribution in [1.29, 1.82) is 0 Å². The molecule has 7 nitrogen and oxygen atoms in total. The van der Waals surface area contributed by atoms with Gasteiger partial charge in [-0.3, -0.25) is 14.5 Å². The topological polar surface area (TPSA) is 93.1 Å². The van der Waals surface area contributed by atoms with Gasteiger partial charge in [-0.2, -0.15) is 0 Å². The Balaban J connectivity index is 1.83.